The molecule has 0 radical (unpaired) electrons. The van der Waals surface area contributed by atoms with Crippen LogP contribution >= 0.6 is 11.6 Å². The van der Waals surface area contributed by atoms with Crippen LogP contribution in [0.4, 0.5) is 5.69 Å². The van der Waals surface area contributed by atoms with E-state index in [2.05, 4.69) is 10.6 Å². The lowest BCUT2D eigenvalue weighted by atomic mass is 10.1. The first-order chi connectivity index (χ1) is 12.4. The van der Waals surface area contributed by atoms with Crippen LogP contribution in [0.5, 0.6) is 0 Å². The van der Waals surface area contributed by atoms with Gasteiger partial charge in [-0.2, -0.15) is 0 Å². The van der Waals surface area contributed by atoms with Gasteiger partial charge in [0.05, 0.1) is 6.54 Å². The largest absolute Gasteiger partial charge is 0.353 e. The van der Waals surface area contributed by atoms with Gasteiger partial charge < -0.3 is 10.6 Å². The number of amides is 2. The molecule has 0 aliphatic carbocycles. The Morgan fingerprint density at radius 1 is 1.08 bits per heavy atom. The van der Waals surface area contributed by atoms with Crippen LogP contribution in [0.15, 0.2) is 48.5 Å². The highest BCUT2D eigenvalue weighted by molar-refractivity contribution is 6.31. The maximum atomic E-state index is 12.4. The van der Waals surface area contributed by atoms with Gasteiger partial charge in [-0.15, -0.1) is 0 Å². The monoisotopic (exact) mass is 373 g/mol. The molecule has 0 saturated heterocycles. The Hall–Kier alpha value is -2.37. The minimum absolute atomic E-state index is 0.0515. The van der Waals surface area contributed by atoms with Gasteiger partial charge in [-0.3, -0.25) is 14.5 Å². The van der Waals surface area contributed by atoms with Gasteiger partial charge in [0.2, 0.25) is 5.91 Å². The van der Waals surface area contributed by atoms with Crippen molar-refractivity contribution in [3.8, 4) is 0 Å². The minimum Gasteiger partial charge on any atom is -0.353 e. The van der Waals surface area contributed by atoms with Gasteiger partial charge in [0.1, 0.15) is 0 Å². The third kappa shape index (κ3) is 5.86. The first-order valence-corrected chi connectivity index (χ1v) is 8.86. The number of rotatable bonds is 7. The highest BCUT2D eigenvalue weighted by atomic mass is 35.5. The zero-order valence-electron chi connectivity index (χ0n) is 15.3. The van der Waals surface area contributed by atoms with Crippen LogP contribution in [-0.4, -0.2) is 36.3 Å². The van der Waals surface area contributed by atoms with Crippen molar-refractivity contribution in [2.45, 2.75) is 26.4 Å². The topological polar surface area (TPSA) is 61.4 Å². The van der Waals surface area contributed by atoms with E-state index in [0.717, 1.165) is 5.56 Å². The second-order valence-electron chi connectivity index (χ2n) is 6.48. The van der Waals surface area contributed by atoms with Crippen LogP contribution in [0.3, 0.4) is 0 Å². The molecule has 2 rings (SSSR count). The summed E-state index contributed by atoms with van der Waals surface area (Å²) in [5.41, 5.74) is 1.99. The van der Waals surface area contributed by atoms with E-state index >= 15 is 0 Å². The Balaban J connectivity index is 2.11. The van der Waals surface area contributed by atoms with E-state index in [1.54, 1.807) is 24.3 Å². The SMILES string of the molecule is CC(C)NC(=O)CN(C)Cc1c(Cl)cccc1NC(=O)c1ccccc1. The number of halogens is 1. The molecule has 2 aromatic carbocycles. The zero-order valence-corrected chi connectivity index (χ0v) is 16.0. The third-order valence-corrected chi connectivity index (χ3v) is 4.05. The van der Waals surface area contributed by atoms with E-state index in [9.17, 15) is 9.59 Å². The van der Waals surface area contributed by atoms with Crippen molar-refractivity contribution in [2.24, 2.45) is 0 Å². The van der Waals surface area contributed by atoms with Crippen molar-refractivity contribution in [3.05, 3.63) is 64.7 Å². The van der Waals surface area contributed by atoms with E-state index in [0.29, 0.717) is 22.8 Å². The van der Waals surface area contributed by atoms with Crippen LogP contribution in [-0.2, 0) is 11.3 Å². The summed E-state index contributed by atoms with van der Waals surface area (Å²) in [6.45, 7) is 4.53. The Labute approximate surface area is 159 Å². The molecule has 0 heterocycles. The van der Waals surface area contributed by atoms with Crippen molar-refractivity contribution in [3.63, 3.8) is 0 Å². The summed E-state index contributed by atoms with van der Waals surface area (Å²) in [5.74, 6) is -0.251. The molecule has 0 unspecified atom stereocenters. The average molecular weight is 374 g/mol. The molecular weight excluding hydrogens is 350 g/mol. The quantitative estimate of drug-likeness (QED) is 0.780. The molecule has 0 saturated carbocycles. The maximum absolute atomic E-state index is 12.4. The number of nitrogens with zero attached hydrogens (tertiary/aromatic N) is 1. The third-order valence-electron chi connectivity index (χ3n) is 3.69. The fourth-order valence-electron chi connectivity index (χ4n) is 2.56. The molecule has 138 valence electrons. The molecule has 0 spiro atoms. The lowest BCUT2D eigenvalue weighted by Gasteiger charge is -2.20. The Morgan fingerprint density at radius 2 is 1.77 bits per heavy atom. The molecule has 0 aromatic heterocycles. The molecule has 0 aliphatic rings. The highest BCUT2D eigenvalue weighted by Gasteiger charge is 2.15. The van der Waals surface area contributed by atoms with Gasteiger partial charge in [-0.1, -0.05) is 35.9 Å². The fourth-order valence-corrected chi connectivity index (χ4v) is 2.79. The summed E-state index contributed by atoms with van der Waals surface area (Å²) in [6.07, 6.45) is 0. The molecule has 0 fully saturated rings. The Kier molecular flexibility index (Phi) is 7.18. The second-order valence-corrected chi connectivity index (χ2v) is 6.89. The summed E-state index contributed by atoms with van der Waals surface area (Å²) in [7, 11) is 1.84. The highest BCUT2D eigenvalue weighted by Crippen LogP contribution is 2.26. The molecule has 6 heteroatoms. The molecule has 0 atom stereocenters. The predicted molar refractivity (Wildman–Crippen MR) is 105 cm³/mol. The first kappa shape index (κ1) is 19.9. The maximum Gasteiger partial charge on any atom is 0.255 e. The van der Waals surface area contributed by atoms with E-state index in [4.69, 9.17) is 11.6 Å². The normalized spacial score (nSPS) is 10.8. The Morgan fingerprint density at radius 3 is 2.42 bits per heavy atom. The van der Waals surface area contributed by atoms with Crippen LogP contribution in [0.2, 0.25) is 5.02 Å². The number of nitrogens with one attached hydrogen (secondary N) is 2. The van der Waals surface area contributed by atoms with Crippen LogP contribution in [0, 0.1) is 0 Å². The molecule has 26 heavy (non-hydrogen) atoms. The molecule has 2 amide bonds. The average Bonchev–Trinajstić information content (AvgIpc) is 2.57. The number of hydrogen-bond acceptors (Lipinski definition) is 3. The van der Waals surface area contributed by atoms with E-state index in [1.165, 1.54) is 0 Å². The lowest BCUT2D eigenvalue weighted by Crippen LogP contribution is -2.38. The summed E-state index contributed by atoms with van der Waals surface area (Å²) in [5, 5.41) is 6.32. The van der Waals surface area contributed by atoms with Gasteiger partial charge in [-0.25, -0.2) is 0 Å². The van der Waals surface area contributed by atoms with E-state index in [-0.39, 0.29) is 24.4 Å². The lowest BCUT2D eigenvalue weighted by molar-refractivity contribution is -0.122. The van der Waals surface area contributed by atoms with Crippen molar-refractivity contribution in [2.75, 3.05) is 18.9 Å². The molecule has 2 aromatic rings. The van der Waals surface area contributed by atoms with E-state index < -0.39 is 0 Å². The van der Waals surface area contributed by atoms with Gasteiger partial charge in [0, 0.05) is 34.4 Å². The van der Waals surface area contributed by atoms with Gasteiger partial charge in [-0.05, 0) is 45.2 Å². The number of carbonyl (C=O) groups excluding carboxylic acids is 2. The number of hydrogen-bond donors (Lipinski definition) is 2. The van der Waals surface area contributed by atoms with Crippen molar-refractivity contribution < 1.29 is 9.59 Å². The smallest absolute Gasteiger partial charge is 0.255 e. The zero-order chi connectivity index (χ0) is 19.1. The van der Waals surface area contributed by atoms with E-state index in [1.807, 2.05) is 50.1 Å². The number of anilines is 1. The van der Waals surface area contributed by atoms with Crippen LogP contribution in [0.1, 0.15) is 29.8 Å². The van der Waals surface area contributed by atoms with Crippen molar-refractivity contribution >= 4 is 29.1 Å². The first-order valence-electron chi connectivity index (χ1n) is 8.48. The fraction of sp³-hybridized carbons (Fsp3) is 0.300. The molecule has 2 N–H and O–H groups in total. The van der Waals surface area contributed by atoms with Gasteiger partial charge >= 0.3 is 0 Å². The predicted octanol–water partition coefficient (Wildman–Crippen LogP) is 3.55. The minimum atomic E-state index is -0.200. The summed E-state index contributed by atoms with van der Waals surface area (Å²) >= 11 is 6.35. The number of likely N-dealkylation sites (N-methyl/N-ethyl adjacent to an activating group) is 1. The van der Waals surface area contributed by atoms with Crippen molar-refractivity contribution in [1.29, 1.82) is 0 Å². The number of carbonyl (C=O) groups is 2. The van der Waals surface area contributed by atoms with Crippen LogP contribution < -0.4 is 10.6 Å². The van der Waals surface area contributed by atoms with Crippen LogP contribution in [0.25, 0.3) is 0 Å². The van der Waals surface area contributed by atoms with Gasteiger partial charge in [0.25, 0.3) is 5.91 Å². The van der Waals surface area contributed by atoms with Crippen molar-refractivity contribution in [1.82, 2.24) is 10.2 Å². The summed E-state index contributed by atoms with van der Waals surface area (Å²) < 4.78 is 0. The Bertz CT molecular complexity index is 763. The summed E-state index contributed by atoms with van der Waals surface area (Å²) in [4.78, 5) is 26.2. The summed E-state index contributed by atoms with van der Waals surface area (Å²) in [6, 6.07) is 14.5. The standard InChI is InChI=1S/C20H24ClN3O2/c1-14(2)22-19(25)13-24(3)12-16-17(21)10-7-11-18(16)23-20(26)15-8-5-4-6-9-15/h4-11,14H,12-13H2,1-3H3,(H,22,25)(H,23,26). The molecule has 0 bridgehead atoms. The molecule has 5 nitrogen and oxygen atoms in total. The van der Waals surface area contributed by atoms with Gasteiger partial charge in [0.15, 0.2) is 0 Å². The molecular formula is C20H24ClN3O2. The second kappa shape index (κ2) is 9.36. The number of benzene rings is 2. The molecule has 0 aliphatic heterocycles.